The molecule has 76 valence electrons. The average molecular weight is 193 g/mol. The van der Waals surface area contributed by atoms with E-state index in [0.717, 1.165) is 6.54 Å². The zero-order valence-electron chi connectivity index (χ0n) is 8.15. The summed E-state index contributed by atoms with van der Waals surface area (Å²) in [6.45, 7) is 1.30. The minimum atomic E-state index is 0.170. The monoisotopic (exact) mass is 193 g/mol. The summed E-state index contributed by atoms with van der Waals surface area (Å²) >= 11 is 0. The molecule has 0 spiro atoms. The summed E-state index contributed by atoms with van der Waals surface area (Å²) in [6.07, 6.45) is 6.54. The molecule has 2 N–H and O–H groups in total. The van der Waals surface area contributed by atoms with Crippen molar-refractivity contribution in [3.05, 3.63) is 18.2 Å². The van der Waals surface area contributed by atoms with E-state index in [1.807, 2.05) is 4.57 Å². The molecule has 0 saturated heterocycles. The van der Waals surface area contributed by atoms with Crippen molar-refractivity contribution in [2.75, 3.05) is 6.54 Å². The predicted molar refractivity (Wildman–Crippen MR) is 53.0 cm³/mol. The molecule has 4 nitrogen and oxygen atoms in total. The number of Topliss-reactive ketones (excluding diaryl/α,β-unsaturated/α-hetero) is 1. The van der Waals surface area contributed by atoms with E-state index in [4.69, 9.17) is 5.73 Å². The van der Waals surface area contributed by atoms with Gasteiger partial charge in [-0.05, 0) is 18.8 Å². The van der Waals surface area contributed by atoms with Crippen LogP contribution >= 0.6 is 0 Å². The fraction of sp³-hybridized carbons (Fsp3) is 0.600. The van der Waals surface area contributed by atoms with E-state index in [2.05, 4.69) is 4.98 Å². The number of imidazole rings is 1. The summed E-state index contributed by atoms with van der Waals surface area (Å²) in [4.78, 5) is 15.7. The number of carbonyl (C=O) groups is 1. The standard InChI is InChI=1S/C10H15N3O/c11-3-4-13-6-9(12-7-13)10(14)5-8-1-2-8/h6-8H,1-5,11H2. The van der Waals surface area contributed by atoms with Crippen molar-refractivity contribution in [2.45, 2.75) is 25.8 Å². The van der Waals surface area contributed by atoms with E-state index in [1.165, 1.54) is 12.8 Å². The number of hydrogen-bond donors (Lipinski definition) is 1. The van der Waals surface area contributed by atoms with Gasteiger partial charge in [0.2, 0.25) is 0 Å². The molecule has 1 saturated carbocycles. The summed E-state index contributed by atoms with van der Waals surface area (Å²) in [7, 11) is 0. The van der Waals surface area contributed by atoms with Crippen LogP contribution < -0.4 is 5.73 Å². The maximum absolute atomic E-state index is 11.6. The van der Waals surface area contributed by atoms with Gasteiger partial charge in [-0.3, -0.25) is 4.79 Å². The smallest absolute Gasteiger partial charge is 0.183 e. The third kappa shape index (κ3) is 2.20. The molecule has 0 amide bonds. The van der Waals surface area contributed by atoms with Crippen molar-refractivity contribution in [3.8, 4) is 0 Å². The van der Waals surface area contributed by atoms with E-state index < -0.39 is 0 Å². The molecule has 1 aromatic heterocycles. The maximum Gasteiger partial charge on any atom is 0.183 e. The van der Waals surface area contributed by atoms with Gasteiger partial charge in [0, 0.05) is 25.7 Å². The van der Waals surface area contributed by atoms with Crippen molar-refractivity contribution in [1.29, 1.82) is 0 Å². The van der Waals surface area contributed by atoms with E-state index in [0.29, 0.717) is 24.6 Å². The Morgan fingerprint density at radius 3 is 3.07 bits per heavy atom. The summed E-state index contributed by atoms with van der Waals surface area (Å²) < 4.78 is 1.86. The molecule has 0 atom stereocenters. The molecule has 4 heteroatoms. The Morgan fingerprint density at radius 1 is 1.64 bits per heavy atom. The minimum absolute atomic E-state index is 0.170. The zero-order chi connectivity index (χ0) is 9.97. The molecular weight excluding hydrogens is 178 g/mol. The van der Waals surface area contributed by atoms with Gasteiger partial charge in [-0.2, -0.15) is 0 Å². The maximum atomic E-state index is 11.6. The van der Waals surface area contributed by atoms with Crippen molar-refractivity contribution in [2.24, 2.45) is 11.7 Å². The van der Waals surface area contributed by atoms with Crippen molar-refractivity contribution >= 4 is 5.78 Å². The highest BCUT2D eigenvalue weighted by atomic mass is 16.1. The van der Waals surface area contributed by atoms with Crippen LogP contribution in [-0.4, -0.2) is 21.9 Å². The molecule has 1 aromatic rings. The van der Waals surface area contributed by atoms with Gasteiger partial charge >= 0.3 is 0 Å². The van der Waals surface area contributed by atoms with Gasteiger partial charge in [-0.25, -0.2) is 4.98 Å². The summed E-state index contributed by atoms with van der Waals surface area (Å²) in [5, 5.41) is 0. The van der Waals surface area contributed by atoms with Crippen LogP contribution in [0.5, 0.6) is 0 Å². The lowest BCUT2D eigenvalue weighted by atomic mass is 10.1. The number of rotatable bonds is 5. The second kappa shape index (κ2) is 3.92. The van der Waals surface area contributed by atoms with Gasteiger partial charge in [0.15, 0.2) is 5.78 Å². The molecule has 14 heavy (non-hydrogen) atoms. The predicted octanol–water partition coefficient (Wildman–Crippen LogP) is 0.825. The molecule has 1 aliphatic carbocycles. The zero-order valence-corrected chi connectivity index (χ0v) is 8.15. The molecule has 1 aliphatic rings. The first-order chi connectivity index (χ1) is 6.79. The minimum Gasteiger partial charge on any atom is -0.335 e. The highest BCUT2D eigenvalue weighted by Crippen LogP contribution is 2.33. The molecule has 0 unspecified atom stereocenters. The quantitative estimate of drug-likeness (QED) is 0.704. The lowest BCUT2D eigenvalue weighted by molar-refractivity contribution is 0.0971. The largest absolute Gasteiger partial charge is 0.335 e. The van der Waals surface area contributed by atoms with E-state index in [-0.39, 0.29) is 5.78 Å². The fourth-order valence-electron chi connectivity index (χ4n) is 1.46. The Hall–Kier alpha value is -1.16. The van der Waals surface area contributed by atoms with Gasteiger partial charge in [0.25, 0.3) is 0 Å². The second-order valence-electron chi connectivity index (χ2n) is 3.86. The molecule has 0 bridgehead atoms. The number of hydrogen-bond acceptors (Lipinski definition) is 3. The summed E-state index contributed by atoms with van der Waals surface area (Å²) in [5.74, 6) is 0.797. The van der Waals surface area contributed by atoms with Crippen LogP contribution in [0.4, 0.5) is 0 Å². The Morgan fingerprint density at radius 2 is 2.43 bits per heavy atom. The fourth-order valence-corrected chi connectivity index (χ4v) is 1.46. The number of nitrogens with two attached hydrogens (primary N) is 1. The van der Waals surface area contributed by atoms with Crippen LogP contribution in [0, 0.1) is 5.92 Å². The van der Waals surface area contributed by atoms with Crippen molar-refractivity contribution in [3.63, 3.8) is 0 Å². The molecule has 2 rings (SSSR count). The Balaban J connectivity index is 1.96. The second-order valence-corrected chi connectivity index (χ2v) is 3.86. The molecule has 0 aliphatic heterocycles. The van der Waals surface area contributed by atoms with Crippen LogP contribution in [0.1, 0.15) is 29.8 Å². The van der Waals surface area contributed by atoms with E-state index in [1.54, 1.807) is 12.5 Å². The van der Waals surface area contributed by atoms with E-state index in [9.17, 15) is 4.79 Å². The van der Waals surface area contributed by atoms with Crippen LogP contribution in [0.2, 0.25) is 0 Å². The third-order valence-electron chi connectivity index (χ3n) is 2.48. The SMILES string of the molecule is NCCn1cnc(C(=O)CC2CC2)c1. The van der Waals surface area contributed by atoms with Crippen molar-refractivity contribution < 1.29 is 4.79 Å². The highest BCUT2D eigenvalue weighted by Gasteiger charge is 2.25. The normalized spacial score (nSPS) is 15.8. The third-order valence-corrected chi connectivity index (χ3v) is 2.48. The molecule has 1 heterocycles. The van der Waals surface area contributed by atoms with Gasteiger partial charge in [-0.1, -0.05) is 0 Å². The lowest BCUT2D eigenvalue weighted by Gasteiger charge is -1.95. The Bertz CT molecular complexity index is 328. The van der Waals surface area contributed by atoms with Crippen molar-refractivity contribution in [1.82, 2.24) is 9.55 Å². The van der Waals surface area contributed by atoms with Crippen LogP contribution in [0.25, 0.3) is 0 Å². The summed E-state index contributed by atoms with van der Waals surface area (Å²) in [5.41, 5.74) is 5.99. The number of nitrogens with zero attached hydrogens (tertiary/aromatic N) is 2. The van der Waals surface area contributed by atoms with Crippen LogP contribution in [0.15, 0.2) is 12.5 Å². The molecule has 0 radical (unpaired) electrons. The highest BCUT2D eigenvalue weighted by molar-refractivity contribution is 5.94. The molecule has 1 fully saturated rings. The van der Waals surface area contributed by atoms with Gasteiger partial charge < -0.3 is 10.3 Å². The topological polar surface area (TPSA) is 60.9 Å². The average Bonchev–Trinajstić information content (AvgIpc) is 2.83. The Kier molecular flexibility index (Phi) is 2.63. The summed E-state index contributed by atoms with van der Waals surface area (Å²) in [6, 6.07) is 0. The van der Waals surface area contributed by atoms with Crippen LogP contribution in [-0.2, 0) is 6.54 Å². The first-order valence-corrected chi connectivity index (χ1v) is 5.04. The Labute approximate surface area is 83.1 Å². The first-order valence-electron chi connectivity index (χ1n) is 5.04. The molecule has 0 aromatic carbocycles. The number of ketones is 1. The van der Waals surface area contributed by atoms with Gasteiger partial charge in [0.1, 0.15) is 5.69 Å². The lowest BCUT2D eigenvalue weighted by Crippen LogP contribution is -2.08. The van der Waals surface area contributed by atoms with Gasteiger partial charge in [-0.15, -0.1) is 0 Å². The number of aromatic nitrogens is 2. The number of carbonyl (C=O) groups excluding carboxylic acids is 1. The molecular formula is C10H15N3O. The van der Waals surface area contributed by atoms with Crippen LogP contribution in [0.3, 0.4) is 0 Å². The van der Waals surface area contributed by atoms with E-state index >= 15 is 0 Å². The first kappa shape index (κ1) is 9.40. The van der Waals surface area contributed by atoms with Gasteiger partial charge in [0.05, 0.1) is 6.33 Å².